The fourth-order valence-electron chi connectivity index (χ4n) is 1.36. The summed E-state index contributed by atoms with van der Waals surface area (Å²) in [5.41, 5.74) is 5.32. The summed E-state index contributed by atoms with van der Waals surface area (Å²) in [6.45, 7) is 5.83. The normalized spacial score (nSPS) is 12.9. The lowest BCUT2D eigenvalue weighted by atomic mass is 10.2. The lowest BCUT2D eigenvalue weighted by molar-refractivity contribution is -0.120. The molecule has 0 saturated heterocycles. The first-order valence-corrected chi connectivity index (χ1v) is 6.54. The largest absolute Gasteiger partial charge is 0.368 e. The van der Waals surface area contributed by atoms with Gasteiger partial charge in [-0.15, -0.1) is 5.10 Å². The Balaban J connectivity index is 2.34. The topological polar surface area (TPSA) is 96.7 Å². The Bertz CT molecular complexity index is 365. The Labute approximate surface area is 105 Å². The third kappa shape index (κ3) is 5.18. The van der Waals surface area contributed by atoms with Crippen LogP contribution in [0.25, 0.3) is 0 Å². The van der Waals surface area contributed by atoms with Crippen molar-refractivity contribution in [2.45, 2.75) is 44.4 Å². The summed E-state index contributed by atoms with van der Waals surface area (Å²) in [6, 6.07) is -0.0502. The fraction of sp³-hybridized carbons (Fsp3) is 0.700. The molecule has 0 aliphatic heterocycles. The van der Waals surface area contributed by atoms with Gasteiger partial charge in [0.05, 0.1) is 6.04 Å². The number of hydrogen-bond acceptors (Lipinski definition) is 5. The zero-order valence-corrected chi connectivity index (χ0v) is 11.2. The van der Waals surface area contributed by atoms with Gasteiger partial charge in [-0.05, 0) is 13.3 Å². The van der Waals surface area contributed by atoms with Crippen LogP contribution in [0.15, 0.2) is 5.16 Å². The van der Waals surface area contributed by atoms with E-state index in [0.29, 0.717) is 11.6 Å². The molecule has 0 aliphatic rings. The van der Waals surface area contributed by atoms with Gasteiger partial charge in [-0.3, -0.25) is 9.89 Å². The molecule has 0 bridgehead atoms. The number of nitrogens with zero attached hydrogens (tertiary/aromatic N) is 2. The van der Waals surface area contributed by atoms with E-state index in [2.05, 4.69) is 20.5 Å². The van der Waals surface area contributed by atoms with Crippen LogP contribution in [0.3, 0.4) is 0 Å². The highest BCUT2D eigenvalue weighted by molar-refractivity contribution is 7.99. The molecule has 17 heavy (non-hydrogen) atoms. The summed E-state index contributed by atoms with van der Waals surface area (Å²) in [7, 11) is 0. The van der Waals surface area contributed by atoms with Crippen molar-refractivity contribution < 1.29 is 4.79 Å². The van der Waals surface area contributed by atoms with Crippen LogP contribution in [-0.4, -0.2) is 38.9 Å². The molecule has 0 aliphatic carbocycles. The third-order valence-electron chi connectivity index (χ3n) is 2.09. The van der Waals surface area contributed by atoms with Gasteiger partial charge in [0.2, 0.25) is 11.1 Å². The number of nitrogens with one attached hydrogen (secondary N) is 2. The van der Waals surface area contributed by atoms with Crippen molar-refractivity contribution in [2.75, 3.05) is 5.75 Å². The molecule has 1 heterocycles. The summed E-state index contributed by atoms with van der Waals surface area (Å²) >= 11 is 1.51. The second-order valence-electron chi connectivity index (χ2n) is 4.12. The number of carbonyl (C=O) groups is 1. The van der Waals surface area contributed by atoms with Crippen molar-refractivity contribution in [3.63, 3.8) is 0 Å². The van der Waals surface area contributed by atoms with Crippen molar-refractivity contribution in [3.8, 4) is 0 Å². The number of primary amides is 1. The Morgan fingerprint density at radius 1 is 1.59 bits per heavy atom. The van der Waals surface area contributed by atoms with Crippen LogP contribution in [0.5, 0.6) is 0 Å². The van der Waals surface area contributed by atoms with E-state index in [9.17, 15) is 4.79 Å². The van der Waals surface area contributed by atoms with Crippen molar-refractivity contribution >= 4 is 17.7 Å². The molecular formula is C10H19N5OS. The summed E-state index contributed by atoms with van der Waals surface area (Å²) in [6.07, 6.45) is 0.672. The minimum absolute atomic E-state index is 0.239. The lowest BCUT2D eigenvalue weighted by Gasteiger charge is -2.17. The van der Waals surface area contributed by atoms with E-state index >= 15 is 0 Å². The van der Waals surface area contributed by atoms with Crippen molar-refractivity contribution in [3.05, 3.63) is 5.82 Å². The highest BCUT2D eigenvalue weighted by Gasteiger charge is 2.16. The van der Waals surface area contributed by atoms with Gasteiger partial charge in [-0.25, -0.2) is 4.98 Å². The van der Waals surface area contributed by atoms with Gasteiger partial charge in [0.15, 0.2) is 0 Å². The molecule has 1 aromatic rings. The predicted octanol–water partition coefficient (Wildman–Crippen LogP) is 0.447. The molecule has 1 amide bonds. The van der Waals surface area contributed by atoms with E-state index in [0.717, 1.165) is 11.6 Å². The zero-order chi connectivity index (χ0) is 12.8. The zero-order valence-electron chi connectivity index (χ0n) is 10.4. The molecule has 0 fully saturated rings. The second kappa shape index (κ2) is 6.61. The van der Waals surface area contributed by atoms with Crippen LogP contribution in [-0.2, 0) is 4.79 Å². The van der Waals surface area contributed by atoms with Crippen molar-refractivity contribution in [1.29, 1.82) is 0 Å². The van der Waals surface area contributed by atoms with Gasteiger partial charge in [0.25, 0.3) is 0 Å². The van der Waals surface area contributed by atoms with Gasteiger partial charge in [0, 0.05) is 11.8 Å². The number of nitrogens with two attached hydrogens (primary N) is 1. The number of H-pyrrole nitrogens is 1. The summed E-state index contributed by atoms with van der Waals surface area (Å²) in [5.74, 6) is 1.23. The monoisotopic (exact) mass is 257 g/mol. The molecule has 0 saturated carbocycles. The van der Waals surface area contributed by atoms with E-state index in [4.69, 9.17) is 5.73 Å². The highest BCUT2D eigenvalue weighted by Crippen LogP contribution is 2.14. The molecule has 4 N–H and O–H groups in total. The number of aryl methyl sites for hydroxylation is 1. The fourth-order valence-corrected chi connectivity index (χ4v) is 2.21. The van der Waals surface area contributed by atoms with Gasteiger partial charge < -0.3 is 11.1 Å². The number of amides is 1. The molecule has 0 spiro atoms. The van der Waals surface area contributed by atoms with E-state index in [1.807, 2.05) is 20.8 Å². The molecule has 1 aromatic heterocycles. The Morgan fingerprint density at radius 2 is 2.29 bits per heavy atom. The second-order valence-corrected chi connectivity index (χ2v) is 5.18. The summed E-state index contributed by atoms with van der Waals surface area (Å²) in [4.78, 5) is 15.4. The maximum atomic E-state index is 11.2. The van der Waals surface area contributed by atoms with Crippen molar-refractivity contribution in [2.24, 2.45) is 5.73 Å². The lowest BCUT2D eigenvalue weighted by Crippen LogP contribution is -2.44. The van der Waals surface area contributed by atoms with Gasteiger partial charge in [0.1, 0.15) is 5.82 Å². The molecule has 1 unspecified atom stereocenters. The summed E-state index contributed by atoms with van der Waals surface area (Å²) in [5, 5.41) is 10.6. The number of aromatic nitrogens is 3. The van der Waals surface area contributed by atoms with E-state index in [1.165, 1.54) is 11.8 Å². The minimum Gasteiger partial charge on any atom is -0.368 e. The quantitative estimate of drug-likeness (QED) is 0.616. The maximum absolute atomic E-state index is 11.2. The van der Waals surface area contributed by atoms with Gasteiger partial charge >= 0.3 is 0 Å². The van der Waals surface area contributed by atoms with Crippen LogP contribution in [0.2, 0.25) is 0 Å². The van der Waals surface area contributed by atoms with Crippen LogP contribution in [0.4, 0.5) is 0 Å². The van der Waals surface area contributed by atoms with Gasteiger partial charge in [-0.2, -0.15) is 0 Å². The molecule has 1 atom stereocenters. The Kier molecular flexibility index (Phi) is 5.43. The van der Waals surface area contributed by atoms with Gasteiger partial charge in [-0.1, -0.05) is 25.6 Å². The number of rotatable bonds is 7. The molecular weight excluding hydrogens is 238 g/mol. The van der Waals surface area contributed by atoms with Crippen molar-refractivity contribution in [1.82, 2.24) is 20.5 Å². The van der Waals surface area contributed by atoms with E-state index < -0.39 is 0 Å². The Morgan fingerprint density at radius 3 is 2.76 bits per heavy atom. The molecule has 96 valence electrons. The molecule has 7 heteroatoms. The highest BCUT2D eigenvalue weighted by atomic mass is 32.2. The smallest absolute Gasteiger partial charge is 0.234 e. The number of hydrogen-bond donors (Lipinski definition) is 3. The average molecular weight is 257 g/mol. The number of thioether (sulfide) groups is 1. The molecule has 6 nitrogen and oxygen atoms in total. The molecule has 0 aromatic carbocycles. The summed E-state index contributed by atoms with van der Waals surface area (Å²) < 4.78 is 0. The molecule has 1 rings (SSSR count). The van der Waals surface area contributed by atoms with Crippen LogP contribution in [0, 0.1) is 6.92 Å². The number of carbonyl (C=O) groups excluding carboxylic acids is 1. The van der Waals surface area contributed by atoms with Crippen LogP contribution >= 0.6 is 11.8 Å². The van der Waals surface area contributed by atoms with Crippen LogP contribution in [0.1, 0.15) is 26.1 Å². The van der Waals surface area contributed by atoms with E-state index in [-0.39, 0.29) is 18.0 Å². The first-order chi connectivity index (χ1) is 7.99. The first-order valence-electron chi connectivity index (χ1n) is 5.56. The SMILES string of the molecule is Cc1nc(SCCC(NC(C)C)C(N)=O)n[nH]1. The Hall–Kier alpha value is -1.08. The predicted molar refractivity (Wildman–Crippen MR) is 67.7 cm³/mol. The minimum atomic E-state index is -0.314. The standard InChI is InChI=1S/C10H19N5OS/c1-6(2)12-8(9(11)16)4-5-17-10-13-7(3)14-15-10/h6,8,12H,4-5H2,1-3H3,(H2,11,16)(H,13,14,15). The third-order valence-corrected chi connectivity index (χ3v) is 2.97. The van der Waals surface area contributed by atoms with Crippen LogP contribution < -0.4 is 11.1 Å². The van der Waals surface area contributed by atoms with E-state index in [1.54, 1.807) is 0 Å². The molecule has 0 radical (unpaired) electrons. The average Bonchev–Trinajstić information content (AvgIpc) is 2.62. The number of aromatic amines is 1. The maximum Gasteiger partial charge on any atom is 0.234 e. The first kappa shape index (κ1) is 14.0.